The largest absolute Gasteiger partial charge is 0.506 e. The highest BCUT2D eigenvalue weighted by Crippen LogP contribution is 2.27. The lowest BCUT2D eigenvalue weighted by atomic mass is 10.1. The Bertz CT molecular complexity index is 496. The molecule has 82 valence electrons. The Balaban J connectivity index is 3.30. The Kier molecular flexibility index (Phi) is 3.38. The van der Waals surface area contributed by atoms with Crippen molar-refractivity contribution < 1.29 is 13.5 Å². The van der Waals surface area contributed by atoms with Crippen LogP contribution in [-0.2, 0) is 16.4 Å². The number of nitrogens with two attached hydrogens (primary N) is 1. The Morgan fingerprint density at radius 1 is 1.53 bits per heavy atom. The fraction of sp³-hybridized carbons (Fsp3) is 0.111. The zero-order valence-electron chi connectivity index (χ0n) is 7.77. The lowest BCUT2D eigenvalue weighted by Crippen LogP contribution is -2.12. The Morgan fingerprint density at radius 3 is 2.60 bits per heavy atom. The molecule has 0 unspecified atom stereocenters. The van der Waals surface area contributed by atoms with E-state index in [-0.39, 0.29) is 17.1 Å². The molecule has 0 saturated heterocycles. The van der Waals surface area contributed by atoms with Gasteiger partial charge in [-0.05, 0) is 6.07 Å². The third kappa shape index (κ3) is 2.95. The van der Waals surface area contributed by atoms with Crippen LogP contribution in [0.3, 0.4) is 0 Å². The van der Waals surface area contributed by atoms with Gasteiger partial charge in [0.05, 0.1) is 0 Å². The summed E-state index contributed by atoms with van der Waals surface area (Å²) in [7, 11) is -3.91. The van der Waals surface area contributed by atoms with Gasteiger partial charge in [0.1, 0.15) is 10.6 Å². The molecule has 1 rings (SSSR count). The molecule has 0 aliphatic heterocycles. The van der Waals surface area contributed by atoms with Crippen LogP contribution in [0.15, 0.2) is 34.7 Å². The van der Waals surface area contributed by atoms with Crippen molar-refractivity contribution in [1.29, 1.82) is 0 Å². The maximum absolute atomic E-state index is 11.1. The number of halogens is 1. The number of aromatic hydroxyl groups is 1. The Hall–Kier alpha value is -1.04. The first-order chi connectivity index (χ1) is 6.82. The van der Waals surface area contributed by atoms with Gasteiger partial charge in [-0.3, -0.25) is 0 Å². The molecule has 0 aromatic heterocycles. The predicted octanol–water partition coefficient (Wildman–Crippen LogP) is 1.33. The average molecular weight is 248 g/mol. The SMILES string of the molecule is C=C(Cl)Cc1cccc(S(N)(=O)=O)c1O. The van der Waals surface area contributed by atoms with Gasteiger partial charge >= 0.3 is 0 Å². The van der Waals surface area contributed by atoms with E-state index in [1.807, 2.05) is 0 Å². The average Bonchev–Trinajstić information content (AvgIpc) is 2.05. The van der Waals surface area contributed by atoms with Crippen molar-refractivity contribution in [3.05, 3.63) is 35.4 Å². The van der Waals surface area contributed by atoms with Crippen molar-refractivity contribution in [3.63, 3.8) is 0 Å². The van der Waals surface area contributed by atoms with Gasteiger partial charge in [0, 0.05) is 17.0 Å². The minimum atomic E-state index is -3.91. The number of hydrogen-bond acceptors (Lipinski definition) is 3. The van der Waals surface area contributed by atoms with E-state index in [4.69, 9.17) is 16.7 Å². The number of sulfonamides is 1. The van der Waals surface area contributed by atoms with Gasteiger partial charge in [-0.25, -0.2) is 13.6 Å². The lowest BCUT2D eigenvalue weighted by Gasteiger charge is -2.07. The smallest absolute Gasteiger partial charge is 0.241 e. The number of para-hydroxylation sites is 1. The van der Waals surface area contributed by atoms with Crippen LogP contribution in [0.4, 0.5) is 0 Å². The molecule has 3 N–H and O–H groups in total. The number of primary sulfonamides is 1. The Labute approximate surface area is 93.0 Å². The summed E-state index contributed by atoms with van der Waals surface area (Å²) in [5.74, 6) is -0.373. The van der Waals surface area contributed by atoms with Crippen molar-refractivity contribution in [2.45, 2.75) is 11.3 Å². The van der Waals surface area contributed by atoms with Crippen LogP contribution in [0.1, 0.15) is 5.56 Å². The van der Waals surface area contributed by atoms with E-state index in [0.29, 0.717) is 10.6 Å². The van der Waals surface area contributed by atoms with E-state index < -0.39 is 10.0 Å². The first kappa shape index (κ1) is 12.0. The summed E-state index contributed by atoms with van der Waals surface area (Å²) in [5, 5.41) is 14.8. The number of phenolic OH excluding ortho intramolecular Hbond substituents is 1. The van der Waals surface area contributed by atoms with Crippen molar-refractivity contribution in [2.24, 2.45) is 5.14 Å². The molecule has 0 aliphatic carbocycles. The van der Waals surface area contributed by atoms with E-state index >= 15 is 0 Å². The van der Waals surface area contributed by atoms with Gasteiger partial charge in [0.2, 0.25) is 10.0 Å². The fourth-order valence-electron chi connectivity index (χ4n) is 1.15. The van der Waals surface area contributed by atoms with Crippen LogP contribution < -0.4 is 5.14 Å². The molecule has 0 spiro atoms. The van der Waals surface area contributed by atoms with Gasteiger partial charge in [0.25, 0.3) is 0 Å². The van der Waals surface area contributed by atoms with Crippen molar-refractivity contribution >= 4 is 21.6 Å². The Morgan fingerprint density at radius 2 is 2.13 bits per heavy atom. The third-order valence-electron chi connectivity index (χ3n) is 1.77. The van der Waals surface area contributed by atoms with Crippen molar-refractivity contribution in [1.82, 2.24) is 0 Å². The van der Waals surface area contributed by atoms with E-state index in [0.717, 1.165) is 0 Å². The molecule has 4 nitrogen and oxygen atoms in total. The van der Waals surface area contributed by atoms with Gasteiger partial charge < -0.3 is 5.11 Å². The molecule has 0 fully saturated rings. The second kappa shape index (κ2) is 4.22. The topological polar surface area (TPSA) is 80.4 Å². The number of hydrogen-bond donors (Lipinski definition) is 2. The molecular weight excluding hydrogens is 238 g/mol. The molecule has 0 radical (unpaired) electrons. The molecule has 0 amide bonds. The first-order valence-electron chi connectivity index (χ1n) is 3.99. The maximum atomic E-state index is 11.1. The zero-order valence-corrected chi connectivity index (χ0v) is 9.35. The molecule has 0 bridgehead atoms. The highest BCUT2D eigenvalue weighted by Gasteiger charge is 2.16. The minimum Gasteiger partial charge on any atom is -0.506 e. The van der Waals surface area contributed by atoms with Crippen molar-refractivity contribution in [2.75, 3.05) is 0 Å². The molecule has 0 aliphatic rings. The summed E-state index contributed by atoms with van der Waals surface area (Å²) >= 11 is 5.56. The second-order valence-corrected chi connectivity index (χ2v) is 5.07. The molecule has 15 heavy (non-hydrogen) atoms. The van der Waals surface area contributed by atoms with E-state index in [9.17, 15) is 13.5 Å². The normalized spacial score (nSPS) is 11.3. The monoisotopic (exact) mass is 247 g/mol. The van der Waals surface area contributed by atoms with Crippen LogP contribution in [0.2, 0.25) is 0 Å². The molecule has 1 aromatic carbocycles. The number of allylic oxidation sites excluding steroid dienone is 1. The van der Waals surface area contributed by atoms with Gasteiger partial charge in [-0.15, -0.1) is 0 Å². The summed E-state index contributed by atoms with van der Waals surface area (Å²) in [6.45, 7) is 3.46. The summed E-state index contributed by atoms with van der Waals surface area (Å²) < 4.78 is 22.1. The molecule has 0 saturated carbocycles. The highest BCUT2D eigenvalue weighted by molar-refractivity contribution is 7.89. The molecule has 0 heterocycles. The molecular formula is C9H10ClNO3S. The number of benzene rings is 1. The van der Waals surface area contributed by atoms with E-state index in [1.165, 1.54) is 12.1 Å². The van der Waals surface area contributed by atoms with E-state index in [2.05, 4.69) is 6.58 Å². The molecule has 6 heteroatoms. The molecule has 0 atom stereocenters. The standard InChI is InChI=1S/C9H10ClNO3S/c1-6(10)5-7-3-2-4-8(9(7)12)15(11,13)14/h2-4,12H,1,5H2,(H2,11,13,14). The quantitative estimate of drug-likeness (QED) is 0.846. The zero-order chi connectivity index (χ0) is 11.6. The number of rotatable bonds is 3. The van der Waals surface area contributed by atoms with Crippen LogP contribution in [0.5, 0.6) is 5.75 Å². The summed E-state index contributed by atoms with van der Waals surface area (Å²) in [4.78, 5) is -0.307. The minimum absolute atomic E-state index is 0.191. The van der Waals surface area contributed by atoms with E-state index in [1.54, 1.807) is 6.07 Å². The van der Waals surface area contributed by atoms with Gasteiger partial charge in [-0.2, -0.15) is 0 Å². The van der Waals surface area contributed by atoms with Crippen LogP contribution in [0, 0.1) is 0 Å². The maximum Gasteiger partial charge on any atom is 0.241 e. The number of phenols is 1. The summed E-state index contributed by atoms with van der Waals surface area (Å²) in [5.41, 5.74) is 0.376. The summed E-state index contributed by atoms with van der Waals surface area (Å²) in [6.07, 6.45) is 0.191. The van der Waals surface area contributed by atoms with Gasteiger partial charge in [-0.1, -0.05) is 30.3 Å². The fourth-order valence-corrected chi connectivity index (χ4v) is 1.96. The van der Waals surface area contributed by atoms with Crippen LogP contribution >= 0.6 is 11.6 Å². The molecule has 1 aromatic rings. The highest BCUT2D eigenvalue weighted by atomic mass is 35.5. The van der Waals surface area contributed by atoms with Crippen molar-refractivity contribution in [3.8, 4) is 5.75 Å². The van der Waals surface area contributed by atoms with Crippen LogP contribution in [-0.4, -0.2) is 13.5 Å². The first-order valence-corrected chi connectivity index (χ1v) is 5.91. The van der Waals surface area contributed by atoms with Crippen LogP contribution in [0.25, 0.3) is 0 Å². The summed E-state index contributed by atoms with van der Waals surface area (Å²) in [6, 6.07) is 4.26. The lowest BCUT2D eigenvalue weighted by molar-refractivity contribution is 0.453. The van der Waals surface area contributed by atoms with Gasteiger partial charge in [0.15, 0.2) is 0 Å². The predicted molar refractivity (Wildman–Crippen MR) is 58.2 cm³/mol. The second-order valence-electron chi connectivity index (χ2n) is 3.00. The third-order valence-corrected chi connectivity index (χ3v) is 2.85.